The van der Waals surface area contributed by atoms with E-state index in [-0.39, 0.29) is 11.3 Å². The van der Waals surface area contributed by atoms with E-state index < -0.39 is 0 Å². The molecule has 1 fully saturated rings. The minimum absolute atomic E-state index is 0.0664. The van der Waals surface area contributed by atoms with Gasteiger partial charge in [-0.2, -0.15) is 0 Å². The van der Waals surface area contributed by atoms with Crippen LogP contribution >= 0.6 is 0 Å². The average Bonchev–Trinajstić information content (AvgIpc) is 2.86. The summed E-state index contributed by atoms with van der Waals surface area (Å²) in [7, 11) is 0. The van der Waals surface area contributed by atoms with Crippen molar-refractivity contribution in [3.63, 3.8) is 0 Å². The molecule has 1 atom stereocenters. The van der Waals surface area contributed by atoms with Crippen LogP contribution in [0.4, 0.5) is 0 Å². The van der Waals surface area contributed by atoms with Crippen molar-refractivity contribution in [1.29, 1.82) is 0 Å². The van der Waals surface area contributed by atoms with Gasteiger partial charge in [0, 0.05) is 19.6 Å². The van der Waals surface area contributed by atoms with Crippen LogP contribution in [0.1, 0.15) is 54.9 Å². The van der Waals surface area contributed by atoms with Gasteiger partial charge in [0.15, 0.2) is 0 Å². The van der Waals surface area contributed by atoms with Crippen molar-refractivity contribution in [1.82, 2.24) is 19.9 Å². The summed E-state index contributed by atoms with van der Waals surface area (Å²) in [4.78, 5) is 15.0. The Balaban J connectivity index is 1.78. The molecule has 0 N–H and O–H groups in total. The van der Waals surface area contributed by atoms with E-state index in [2.05, 4.69) is 47.6 Å². The molecule has 0 saturated carbocycles. The fourth-order valence-electron chi connectivity index (χ4n) is 3.65. The predicted molar refractivity (Wildman–Crippen MR) is 94.0 cm³/mol. The van der Waals surface area contributed by atoms with Gasteiger partial charge in [0.2, 0.25) is 0 Å². The number of nitrogens with zero attached hydrogens (tertiary/aromatic N) is 4. The van der Waals surface area contributed by atoms with E-state index >= 15 is 0 Å². The largest absolute Gasteiger partial charge is 0.337 e. The number of amides is 1. The third-order valence-corrected chi connectivity index (χ3v) is 5.25. The van der Waals surface area contributed by atoms with Crippen LogP contribution in [0.15, 0.2) is 30.3 Å². The van der Waals surface area contributed by atoms with Gasteiger partial charge in [-0.1, -0.05) is 42.5 Å². The first kappa shape index (κ1) is 16.7. The Kier molecular flexibility index (Phi) is 4.69. The van der Waals surface area contributed by atoms with E-state index in [9.17, 15) is 4.79 Å². The first-order valence-electron chi connectivity index (χ1n) is 8.80. The van der Waals surface area contributed by atoms with Crippen LogP contribution in [0.5, 0.6) is 0 Å². The molecule has 0 spiro atoms. The molecule has 0 bridgehead atoms. The van der Waals surface area contributed by atoms with Gasteiger partial charge in [-0.15, -0.1) is 5.10 Å². The molecular formula is C19H26N4O. The predicted octanol–water partition coefficient (Wildman–Crippen LogP) is 3.19. The molecule has 1 aromatic carbocycles. The second-order valence-corrected chi connectivity index (χ2v) is 6.91. The Morgan fingerprint density at radius 2 is 1.96 bits per heavy atom. The van der Waals surface area contributed by atoms with E-state index in [0.717, 1.165) is 38.0 Å². The van der Waals surface area contributed by atoms with Gasteiger partial charge in [-0.05, 0) is 44.1 Å². The van der Waals surface area contributed by atoms with E-state index in [0.29, 0.717) is 12.2 Å². The highest BCUT2D eigenvalue weighted by atomic mass is 16.2. The SMILES string of the molecule is CCn1nnc(C)c1C(=O)N1CCCC(C)(c2ccccc2)CC1. The summed E-state index contributed by atoms with van der Waals surface area (Å²) in [6.07, 6.45) is 3.10. The summed E-state index contributed by atoms with van der Waals surface area (Å²) in [5, 5.41) is 8.14. The lowest BCUT2D eigenvalue weighted by molar-refractivity contribution is 0.0746. The second kappa shape index (κ2) is 6.75. The molecule has 1 aromatic heterocycles. The van der Waals surface area contributed by atoms with Crippen molar-refractivity contribution in [2.75, 3.05) is 13.1 Å². The number of likely N-dealkylation sites (tertiary alicyclic amines) is 1. The monoisotopic (exact) mass is 326 g/mol. The van der Waals surface area contributed by atoms with Crippen molar-refractivity contribution in [2.24, 2.45) is 0 Å². The lowest BCUT2D eigenvalue weighted by atomic mass is 9.76. The molecule has 5 heteroatoms. The highest BCUT2D eigenvalue weighted by Crippen LogP contribution is 2.35. The molecule has 2 heterocycles. The number of aromatic nitrogens is 3. The van der Waals surface area contributed by atoms with Crippen molar-refractivity contribution in [2.45, 2.75) is 52.0 Å². The summed E-state index contributed by atoms with van der Waals surface area (Å²) in [6, 6.07) is 10.7. The fourth-order valence-corrected chi connectivity index (χ4v) is 3.65. The third-order valence-electron chi connectivity index (χ3n) is 5.25. The van der Waals surface area contributed by atoms with Gasteiger partial charge in [0.05, 0.1) is 5.69 Å². The maximum atomic E-state index is 13.0. The van der Waals surface area contributed by atoms with Crippen LogP contribution in [0.2, 0.25) is 0 Å². The molecule has 1 saturated heterocycles. The molecule has 0 radical (unpaired) electrons. The summed E-state index contributed by atoms with van der Waals surface area (Å²) in [5.41, 5.74) is 2.86. The summed E-state index contributed by atoms with van der Waals surface area (Å²) in [5.74, 6) is 0.0664. The Hall–Kier alpha value is -2.17. The van der Waals surface area contributed by atoms with Crippen LogP contribution < -0.4 is 0 Å². The normalized spacial score (nSPS) is 21.5. The van der Waals surface area contributed by atoms with Crippen molar-refractivity contribution in [3.8, 4) is 0 Å². The highest BCUT2D eigenvalue weighted by Gasteiger charge is 2.32. The van der Waals surface area contributed by atoms with E-state index in [1.807, 2.05) is 18.7 Å². The van der Waals surface area contributed by atoms with Crippen LogP contribution in [-0.4, -0.2) is 38.9 Å². The molecule has 5 nitrogen and oxygen atoms in total. The molecule has 0 aliphatic carbocycles. The van der Waals surface area contributed by atoms with Gasteiger partial charge in [-0.3, -0.25) is 4.79 Å². The summed E-state index contributed by atoms with van der Waals surface area (Å²) in [6.45, 7) is 8.41. The standard InChI is InChI=1S/C19H26N4O/c1-4-23-17(15(2)20-21-23)18(24)22-13-8-11-19(3,12-14-22)16-9-6-5-7-10-16/h5-7,9-10H,4,8,11-14H2,1-3H3. The topological polar surface area (TPSA) is 51.0 Å². The first-order chi connectivity index (χ1) is 11.5. The first-order valence-corrected chi connectivity index (χ1v) is 8.80. The minimum Gasteiger partial charge on any atom is -0.337 e. The Bertz CT molecular complexity index is 709. The zero-order chi connectivity index (χ0) is 17.2. The summed E-state index contributed by atoms with van der Waals surface area (Å²) < 4.78 is 1.71. The molecule has 3 rings (SSSR count). The molecule has 1 aliphatic heterocycles. The smallest absolute Gasteiger partial charge is 0.274 e. The van der Waals surface area contributed by atoms with Gasteiger partial charge in [0.25, 0.3) is 5.91 Å². The number of benzene rings is 1. The van der Waals surface area contributed by atoms with E-state index in [4.69, 9.17) is 0 Å². The van der Waals surface area contributed by atoms with E-state index in [1.54, 1.807) is 4.68 Å². The fraction of sp³-hybridized carbons (Fsp3) is 0.526. The van der Waals surface area contributed by atoms with Gasteiger partial charge in [-0.25, -0.2) is 4.68 Å². The van der Waals surface area contributed by atoms with E-state index in [1.165, 1.54) is 5.56 Å². The second-order valence-electron chi connectivity index (χ2n) is 6.91. The van der Waals surface area contributed by atoms with Crippen LogP contribution in [0, 0.1) is 6.92 Å². The number of aryl methyl sites for hydroxylation is 2. The lowest BCUT2D eigenvalue weighted by Crippen LogP contribution is -2.35. The molecule has 24 heavy (non-hydrogen) atoms. The molecule has 1 aliphatic rings. The Labute approximate surface area is 143 Å². The highest BCUT2D eigenvalue weighted by molar-refractivity contribution is 5.93. The number of hydrogen-bond acceptors (Lipinski definition) is 3. The molecule has 1 amide bonds. The quantitative estimate of drug-likeness (QED) is 0.870. The number of rotatable bonds is 3. The minimum atomic E-state index is 0.0664. The zero-order valence-electron chi connectivity index (χ0n) is 14.8. The number of carbonyl (C=O) groups is 1. The van der Waals surface area contributed by atoms with Crippen molar-refractivity contribution < 1.29 is 4.79 Å². The van der Waals surface area contributed by atoms with Gasteiger partial charge >= 0.3 is 0 Å². The average molecular weight is 326 g/mol. The van der Waals surface area contributed by atoms with Crippen LogP contribution in [0.25, 0.3) is 0 Å². The van der Waals surface area contributed by atoms with Crippen LogP contribution in [-0.2, 0) is 12.0 Å². The maximum Gasteiger partial charge on any atom is 0.274 e. The zero-order valence-corrected chi connectivity index (χ0v) is 14.8. The Morgan fingerprint density at radius 3 is 2.67 bits per heavy atom. The third kappa shape index (κ3) is 3.07. The molecular weight excluding hydrogens is 300 g/mol. The lowest BCUT2D eigenvalue weighted by Gasteiger charge is -2.29. The molecule has 128 valence electrons. The van der Waals surface area contributed by atoms with Crippen molar-refractivity contribution in [3.05, 3.63) is 47.3 Å². The van der Waals surface area contributed by atoms with Gasteiger partial charge < -0.3 is 4.90 Å². The molecule has 2 aromatic rings. The number of hydrogen-bond donors (Lipinski definition) is 0. The Morgan fingerprint density at radius 1 is 1.21 bits per heavy atom. The number of carbonyl (C=O) groups excluding carboxylic acids is 1. The summed E-state index contributed by atoms with van der Waals surface area (Å²) >= 11 is 0. The van der Waals surface area contributed by atoms with Crippen LogP contribution in [0.3, 0.4) is 0 Å². The van der Waals surface area contributed by atoms with Crippen molar-refractivity contribution >= 4 is 5.91 Å². The molecule has 1 unspecified atom stereocenters. The maximum absolute atomic E-state index is 13.0. The van der Waals surface area contributed by atoms with Gasteiger partial charge in [0.1, 0.15) is 5.69 Å².